The minimum Gasteiger partial charge on any atom is -0.493 e. The van der Waals surface area contributed by atoms with Crippen molar-refractivity contribution in [1.82, 2.24) is 5.32 Å². The second kappa shape index (κ2) is 9.96. The van der Waals surface area contributed by atoms with E-state index in [-0.39, 0.29) is 5.91 Å². The number of benzene rings is 2. The van der Waals surface area contributed by atoms with E-state index in [1.807, 2.05) is 31.2 Å². The second-order valence-electron chi connectivity index (χ2n) is 5.28. The molecule has 128 valence electrons. The molecule has 2 aromatic rings. The Morgan fingerprint density at radius 2 is 1.71 bits per heavy atom. The summed E-state index contributed by atoms with van der Waals surface area (Å²) in [5, 5.41) is 3.55. The fourth-order valence-corrected chi connectivity index (χ4v) is 2.18. The highest BCUT2D eigenvalue weighted by Crippen LogP contribution is 2.15. The number of carbonyl (C=O) groups is 1. The molecule has 2 rings (SSSR count). The van der Waals surface area contributed by atoms with Gasteiger partial charge in [0.15, 0.2) is 0 Å². The molecule has 0 aliphatic heterocycles. The SMILES string of the molecule is CCOCc1ccc(CNC(=O)CCOc2ccc(Cl)cc2)cc1. The highest BCUT2D eigenvalue weighted by atomic mass is 35.5. The number of hydrogen-bond donors (Lipinski definition) is 1. The first-order valence-electron chi connectivity index (χ1n) is 7.98. The molecule has 0 radical (unpaired) electrons. The Labute approximate surface area is 147 Å². The Morgan fingerprint density at radius 3 is 2.38 bits per heavy atom. The number of halogens is 1. The largest absolute Gasteiger partial charge is 0.493 e. The maximum Gasteiger partial charge on any atom is 0.223 e. The van der Waals surface area contributed by atoms with Crippen molar-refractivity contribution in [3.63, 3.8) is 0 Å². The Balaban J connectivity index is 1.66. The van der Waals surface area contributed by atoms with E-state index in [9.17, 15) is 4.79 Å². The van der Waals surface area contributed by atoms with Gasteiger partial charge < -0.3 is 14.8 Å². The van der Waals surface area contributed by atoms with E-state index < -0.39 is 0 Å². The average Bonchev–Trinajstić information content (AvgIpc) is 2.61. The first kappa shape index (κ1) is 18.3. The van der Waals surface area contributed by atoms with Crippen LogP contribution < -0.4 is 10.1 Å². The lowest BCUT2D eigenvalue weighted by molar-refractivity contribution is -0.121. The Bertz CT molecular complexity index is 626. The van der Waals surface area contributed by atoms with Gasteiger partial charge in [-0.2, -0.15) is 0 Å². The molecule has 24 heavy (non-hydrogen) atoms. The summed E-state index contributed by atoms with van der Waals surface area (Å²) in [4.78, 5) is 11.8. The first-order chi connectivity index (χ1) is 11.7. The molecular weight excluding hydrogens is 326 g/mol. The van der Waals surface area contributed by atoms with Crippen molar-refractivity contribution < 1.29 is 14.3 Å². The van der Waals surface area contributed by atoms with Crippen LogP contribution in [0.25, 0.3) is 0 Å². The van der Waals surface area contributed by atoms with Crippen LogP contribution in [-0.2, 0) is 22.7 Å². The van der Waals surface area contributed by atoms with Gasteiger partial charge >= 0.3 is 0 Å². The molecule has 0 atom stereocenters. The van der Waals surface area contributed by atoms with Crippen LogP contribution in [0.1, 0.15) is 24.5 Å². The molecule has 0 bridgehead atoms. The minimum absolute atomic E-state index is 0.0395. The summed E-state index contributed by atoms with van der Waals surface area (Å²) in [5.41, 5.74) is 2.19. The Morgan fingerprint density at radius 1 is 1.04 bits per heavy atom. The van der Waals surface area contributed by atoms with Gasteiger partial charge in [-0.05, 0) is 42.3 Å². The maximum atomic E-state index is 11.8. The van der Waals surface area contributed by atoms with Gasteiger partial charge in [-0.15, -0.1) is 0 Å². The van der Waals surface area contributed by atoms with Gasteiger partial charge in [0.1, 0.15) is 5.75 Å². The normalized spacial score (nSPS) is 10.4. The lowest BCUT2D eigenvalue weighted by Crippen LogP contribution is -2.24. The summed E-state index contributed by atoms with van der Waals surface area (Å²) < 4.78 is 10.9. The van der Waals surface area contributed by atoms with Crippen molar-refractivity contribution in [1.29, 1.82) is 0 Å². The van der Waals surface area contributed by atoms with Gasteiger partial charge in [0.2, 0.25) is 5.91 Å². The topological polar surface area (TPSA) is 47.6 Å². The van der Waals surface area contributed by atoms with Crippen LogP contribution in [-0.4, -0.2) is 19.1 Å². The molecule has 1 N–H and O–H groups in total. The number of ether oxygens (including phenoxy) is 2. The van der Waals surface area contributed by atoms with E-state index in [0.717, 1.165) is 11.1 Å². The monoisotopic (exact) mass is 347 g/mol. The fourth-order valence-electron chi connectivity index (χ4n) is 2.05. The van der Waals surface area contributed by atoms with Crippen LogP contribution in [0.4, 0.5) is 0 Å². The predicted molar refractivity (Wildman–Crippen MR) is 95.2 cm³/mol. The van der Waals surface area contributed by atoms with Crippen LogP contribution in [0.5, 0.6) is 5.75 Å². The van der Waals surface area contributed by atoms with Gasteiger partial charge in [0, 0.05) is 18.2 Å². The second-order valence-corrected chi connectivity index (χ2v) is 5.72. The maximum absolute atomic E-state index is 11.8. The van der Waals surface area contributed by atoms with Crippen molar-refractivity contribution in [3.05, 3.63) is 64.7 Å². The Hall–Kier alpha value is -2.04. The van der Waals surface area contributed by atoms with Crippen LogP contribution in [0, 0.1) is 0 Å². The first-order valence-corrected chi connectivity index (χ1v) is 8.36. The molecule has 0 aliphatic carbocycles. The van der Waals surface area contributed by atoms with E-state index >= 15 is 0 Å². The summed E-state index contributed by atoms with van der Waals surface area (Å²) >= 11 is 5.80. The van der Waals surface area contributed by atoms with Gasteiger partial charge in [0.25, 0.3) is 0 Å². The van der Waals surface area contributed by atoms with Crippen LogP contribution in [0.2, 0.25) is 5.02 Å². The number of rotatable bonds is 9. The summed E-state index contributed by atoms with van der Waals surface area (Å²) in [6, 6.07) is 15.1. The molecule has 1 amide bonds. The molecule has 0 spiro atoms. The molecule has 4 nitrogen and oxygen atoms in total. The molecule has 0 heterocycles. The molecule has 0 saturated carbocycles. The van der Waals surface area contributed by atoms with Gasteiger partial charge in [0.05, 0.1) is 19.6 Å². The molecule has 5 heteroatoms. The van der Waals surface area contributed by atoms with Crippen molar-refractivity contribution in [2.24, 2.45) is 0 Å². The third kappa shape index (κ3) is 6.60. The summed E-state index contributed by atoms with van der Waals surface area (Å²) in [6.07, 6.45) is 0.311. The molecular formula is C19H22ClNO3. The minimum atomic E-state index is -0.0395. The van der Waals surface area contributed by atoms with Gasteiger partial charge in [-0.3, -0.25) is 4.79 Å². The lowest BCUT2D eigenvalue weighted by Gasteiger charge is -2.08. The number of hydrogen-bond acceptors (Lipinski definition) is 3. The third-order valence-electron chi connectivity index (χ3n) is 3.40. The molecule has 0 aromatic heterocycles. The van der Waals surface area contributed by atoms with E-state index in [2.05, 4.69) is 5.32 Å². The average molecular weight is 348 g/mol. The zero-order chi connectivity index (χ0) is 17.2. The molecule has 2 aromatic carbocycles. The van der Waals surface area contributed by atoms with E-state index in [0.29, 0.717) is 43.6 Å². The quantitative estimate of drug-likeness (QED) is 0.746. The lowest BCUT2D eigenvalue weighted by atomic mass is 10.1. The zero-order valence-electron chi connectivity index (χ0n) is 13.8. The number of nitrogens with one attached hydrogen (secondary N) is 1. The fraction of sp³-hybridized carbons (Fsp3) is 0.316. The zero-order valence-corrected chi connectivity index (χ0v) is 14.5. The third-order valence-corrected chi connectivity index (χ3v) is 3.65. The van der Waals surface area contributed by atoms with E-state index in [4.69, 9.17) is 21.1 Å². The predicted octanol–water partition coefficient (Wildman–Crippen LogP) is 3.96. The van der Waals surface area contributed by atoms with E-state index in [1.54, 1.807) is 24.3 Å². The number of amides is 1. The summed E-state index contributed by atoms with van der Waals surface area (Å²) in [6.45, 7) is 4.14. The summed E-state index contributed by atoms with van der Waals surface area (Å²) in [7, 11) is 0. The Kier molecular flexibility index (Phi) is 7.59. The number of carbonyl (C=O) groups excluding carboxylic acids is 1. The smallest absolute Gasteiger partial charge is 0.223 e. The van der Waals surface area contributed by atoms with Crippen molar-refractivity contribution >= 4 is 17.5 Å². The van der Waals surface area contributed by atoms with Crippen LogP contribution in [0.3, 0.4) is 0 Å². The molecule has 0 unspecified atom stereocenters. The molecule has 0 saturated heterocycles. The van der Waals surface area contributed by atoms with Gasteiger partial charge in [-0.25, -0.2) is 0 Å². The van der Waals surface area contributed by atoms with Crippen LogP contribution >= 0.6 is 11.6 Å². The van der Waals surface area contributed by atoms with Crippen LogP contribution in [0.15, 0.2) is 48.5 Å². The van der Waals surface area contributed by atoms with Crippen molar-refractivity contribution in [2.75, 3.05) is 13.2 Å². The standard InChI is InChI=1S/C19H22ClNO3/c1-2-23-14-16-5-3-15(4-6-16)13-21-19(22)11-12-24-18-9-7-17(20)8-10-18/h3-10H,2,11-14H2,1H3,(H,21,22). The van der Waals surface area contributed by atoms with Gasteiger partial charge in [-0.1, -0.05) is 35.9 Å². The highest BCUT2D eigenvalue weighted by molar-refractivity contribution is 6.30. The van der Waals surface area contributed by atoms with Crippen molar-refractivity contribution in [3.8, 4) is 5.75 Å². The molecule has 0 fully saturated rings. The summed E-state index contributed by atoms with van der Waals surface area (Å²) in [5.74, 6) is 0.666. The highest BCUT2D eigenvalue weighted by Gasteiger charge is 2.03. The van der Waals surface area contributed by atoms with Crippen molar-refractivity contribution in [2.45, 2.75) is 26.5 Å². The van der Waals surface area contributed by atoms with E-state index in [1.165, 1.54) is 0 Å². The molecule has 0 aliphatic rings.